The van der Waals surface area contributed by atoms with E-state index in [0.717, 1.165) is 5.88 Å². The molecule has 3 heteroatoms. The lowest BCUT2D eigenvalue weighted by molar-refractivity contribution is 2.35. The van der Waals surface area contributed by atoms with Crippen LogP contribution in [-0.2, 0) is 0 Å². The van der Waals surface area contributed by atoms with Crippen LogP contribution in [0.3, 0.4) is 0 Å². The summed E-state index contributed by atoms with van der Waals surface area (Å²) in [5.74, 6) is 5.00. The summed E-state index contributed by atoms with van der Waals surface area (Å²) < 4.78 is 0. The molecule has 0 saturated carbocycles. The van der Waals surface area contributed by atoms with Crippen LogP contribution in [0.2, 0.25) is 0 Å². The molecule has 0 amide bonds. The zero-order valence-corrected chi connectivity index (χ0v) is 4.53. The summed E-state index contributed by atoms with van der Waals surface area (Å²) in [5, 5.41) is 0. The van der Waals surface area contributed by atoms with Crippen LogP contribution in [-0.4, -0.2) is 19.3 Å². The van der Waals surface area contributed by atoms with E-state index in [-0.39, 0.29) is 0 Å². The van der Waals surface area contributed by atoms with Crippen molar-refractivity contribution in [3.8, 4) is 0 Å². The van der Waals surface area contributed by atoms with Crippen LogP contribution in [0, 0.1) is 0 Å². The molecule has 0 aliphatic carbocycles. The van der Waals surface area contributed by atoms with Crippen molar-refractivity contribution in [1.29, 1.82) is 0 Å². The fourth-order valence-electron chi connectivity index (χ4n) is 0.359. The van der Waals surface area contributed by atoms with Gasteiger partial charge in [-0.15, -0.1) is 12.0 Å². The van der Waals surface area contributed by atoms with E-state index < -0.39 is 0 Å². The Balaban J connectivity index is 2.21. The second kappa shape index (κ2) is 1.78. The fourth-order valence-corrected chi connectivity index (χ4v) is 0.855. The quantitative estimate of drug-likeness (QED) is 0.429. The number of hydrogen-bond acceptors (Lipinski definition) is 1. The third kappa shape index (κ3) is 0.648. The van der Waals surface area contributed by atoms with Gasteiger partial charge >= 0.3 is 0 Å². The summed E-state index contributed by atoms with van der Waals surface area (Å²) in [7, 11) is 2.19. The third-order valence-corrected chi connectivity index (χ3v) is 1.73. The van der Waals surface area contributed by atoms with Gasteiger partial charge in [-0.25, -0.2) is 11.6 Å². The molecule has 0 aromatic carbocycles. The Morgan fingerprint density at radius 2 is 2.50 bits per heavy atom. The molecule has 1 rings (SSSR count). The maximum Gasteiger partial charge on any atom is 0.197 e. The molecular formula is C3H5B2S. The van der Waals surface area contributed by atoms with Gasteiger partial charge in [0.25, 0.3) is 0 Å². The van der Waals surface area contributed by atoms with Crippen LogP contribution in [0.5, 0.6) is 0 Å². The van der Waals surface area contributed by atoms with E-state index in [4.69, 9.17) is 0 Å². The molecule has 6 heavy (non-hydrogen) atoms. The molecule has 0 saturated heterocycles. The second-order valence-corrected chi connectivity index (χ2v) is 2.29. The van der Waals surface area contributed by atoms with E-state index >= 15 is 0 Å². The molecule has 0 N–H and O–H groups in total. The molecule has 1 aliphatic heterocycles. The summed E-state index contributed by atoms with van der Waals surface area (Å²) in [6.45, 7) is 0. The molecule has 0 atom stereocenters. The topological polar surface area (TPSA) is 0 Å². The standard InChI is InChI=1S/C3H5B2S/c1-6-5-3-2-4-5/h2-3H,1H3. The van der Waals surface area contributed by atoms with E-state index in [1.807, 2.05) is 11.6 Å². The SMILES string of the molecule is CSB1[B]C=C1. The summed E-state index contributed by atoms with van der Waals surface area (Å²) >= 11 is 1.87. The lowest BCUT2D eigenvalue weighted by Crippen LogP contribution is -2.21. The van der Waals surface area contributed by atoms with Crippen molar-refractivity contribution in [3.05, 3.63) is 12.0 Å². The molecule has 0 nitrogen and oxygen atoms in total. The van der Waals surface area contributed by atoms with Crippen molar-refractivity contribution < 1.29 is 0 Å². The van der Waals surface area contributed by atoms with Crippen molar-refractivity contribution in [2.24, 2.45) is 0 Å². The van der Waals surface area contributed by atoms with Crippen LogP contribution in [0.15, 0.2) is 12.0 Å². The van der Waals surface area contributed by atoms with Gasteiger partial charge in [-0.1, -0.05) is 0 Å². The molecule has 1 aliphatic rings. The van der Waals surface area contributed by atoms with E-state index in [2.05, 4.69) is 25.4 Å². The highest BCUT2D eigenvalue weighted by Crippen LogP contribution is 2.07. The van der Waals surface area contributed by atoms with Crippen LogP contribution < -0.4 is 0 Å². The fraction of sp³-hybridized carbons (Fsp3) is 0.333. The third-order valence-electron chi connectivity index (χ3n) is 0.874. The van der Waals surface area contributed by atoms with Crippen molar-refractivity contribution >= 4 is 24.7 Å². The van der Waals surface area contributed by atoms with Gasteiger partial charge in [-0.3, -0.25) is 0 Å². The smallest absolute Gasteiger partial charge is 0.197 e. The molecule has 29 valence electrons. The summed E-state index contributed by atoms with van der Waals surface area (Å²) in [4.78, 5) is 0. The van der Waals surface area contributed by atoms with Crippen LogP contribution in [0.25, 0.3) is 0 Å². The number of rotatable bonds is 1. The Morgan fingerprint density at radius 3 is 2.50 bits per heavy atom. The maximum absolute atomic E-state index is 2.19. The minimum absolute atomic E-state index is 0.727. The summed E-state index contributed by atoms with van der Waals surface area (Å²) in [5.41, 5.74) is 0. The minimum atomic E-state index is 0.727. The molecular weight excluding hydrogens is 89.7 g/mol. The number of hydrogen-bond donors (Lipinski definition) is 0. The predicted octanol–water partition coefficient (Wildman–Crippen LogP) is 0.608. The Hall–Kier alpha value is 0.220. The Kier molecular flexibility index (Phi) is 1.30. The molecule has 0 aromatic heterocycles. The lowest BCUT2D eigenvalue weighted by Gasteiger charge is -2.07. The Labute approximate surface area is 43.6 Å². The van der Waals surface area contributed by atoms with Gasteiger partial charge in [0.1, 0.15) is 7.17 Å². The van der Waals surface area contributed by atoms with Crippen molar-refractivity contribution in [2.45, 2.75) is 0 Å². The van der Waals surface area contributed by atoms with Gasteiger partial charge in [0, 0.05) is 0 Å². The highest BCUT2D eigenvalue weighted by molar-refractivity contribution is 8.30. The summed E-state index contributed by atoms with van der Waals surface area (Å²) in [6.07, 6.45) is 2.12. The Morgan fingerprint density at radius 1 is 1.83 bits per heavy atom. The highest BCUT2D eigenvalue weighted by atomic mass is 32.2. The molecule has 0 unspecified atom stereocenters. The molecule has 0 fully saturated rings. The van der Waals surface area contributed by atoms with Gasteiger partial charge in [-0.2, -0.15) is 0 Å². The highest BCUT2D eigenvalue weighted by Gasteiger charge is 2.12. The monoisotopic (exact) mass is 95.0 g/mol. The zero-order chi connectivity index (χ0) is 4.41. The van der Waals surface area contributed by atoms with E-state index in [9.17, 15) is 0 Å². The molecule has 0 aromatic rings. The zero-order valence-electron chi connectivity index (χ0n) is 3.72. The average molecular weight is 94.8 g/mol. The van der Waals surface area contributed by atoms with Gasteiger partial charge in [0.2, 0.25) is 0 Å². The molecule has 1 heterocycles. The van der Waals surface area contributed by atoms with E-state index in [1.54, 1.807) is 0 Å². The molecule has 0 spiro atoms. The first-order valence-electron chi connectivity index (χ1n) is 1.98. The van der Waals surface area contributed by atoms with Crippen molar-refractivity contribution in [2.75, 3.05) is 6.26 Å². The predicted molar refractivity (Wildman–Crippen MR) is 34.2 cm³/mol. The second-order valence-electron chi connectivity index (χ2n) is 1.28. The van der Waals surface area contributed by atoms with E-state index in [1.165, 1.54) is 0 Å². The Bertz CT molecular complexity index is 71.2. The van der Waals surface area contributed by atoms with Crippen LogP contribution >= 0.6 is 11.6 Å². The minimum Gasteiger partial charge on any atom is -0.217 e. The maximum atomic E-state index is 2.19. The van der Waals surface area contributed by atoms with Crippen LogP contribution in [0.1, 0.15) is 0 Å². The largest absolute Gasteiger partial charge is 0.217 e. The average Bonchev–Trinajstić information content (AvgIpc) is 1.31. The van der Waals surface area contributed by atoms with Crippen molar-refractivity contribution in [1.82, 2.24) is 0 Å². The first-order chi connectivity index (χ1) is 2.93. The summed E-state index contributed by atoms with van der Waals surface area (Å²) in [6, 6.07) is 0. The lowest BCUT2D eigenvalue weighted by atomic mass is 9.29. The normalized spacial score (nSPS) is 16.5. The molecule has 0 bridgehead atoms. The van der Waals surface area contributed by atoms with E-state index in [0.29, 0.717) is 0 Å². The van der Waals surface area contributed by atoms with Crippen molar-refractivity contribution in [3.63, 3.8) is 0 Å². The van der Waals surface area contributed by atoms with Gasteiger partial charge in [0.05, 0.1) is 0 Å². The molecule has 1 radical (unpaired) electrons. The van der Waals surface area contributed by atoms with Gasteiger partial charge in [0.15, 0.2) is 5.88 Å². The van der Waals surface area contributed by atoms with Gasteiger partial charge < -0.3 is 0 Å². The van der Waals surface area contributed by atoms with Gasteiger partial charge in [-0.05, 0) is 6.26 Å². The first kappa shape index (κ1) is 4.38. The van der Waals surface area contributed by atoms with Crippen LogP contribution in [0.4, 0.5) is 0 Å². The first-order valence-corrected chi connectivity index (χ1v) is 3.27.